The van der Waals surface area contributed by atoms with Crippen LogP contribution >= 0.6 is 11.8 Å². The molecule has 24 heteroatoms. The van der Waals surface area contributed by atoms with Crippen molar-refractivity contribution < 1.29 is 63.0 Å². The van der Waals surface area contributed by atoms with Crippen LogP contribution in [0.2, 0.25) is 0 Å². The minimum Gasteiger partial charge on any atom is -0.508 e. The third kappa shape index (κ3) is 19.4. The first-order valence-electron chi connectivity index (χ1n) is 24.0. The number of nitrogens with zero attached hydrogens (tertiary/aromatic N) is 3. The number of nitrogens with two attached hydrogens (primary N) is 1. The number of rotatable bonds is 13. The summed E-state index contributed by atoms with van der Waals surface area (Å²) in [4.78, 5) is 153. The van der Waals surface area contributed by atoms with Gasteiger partial charge in [-0.15, -0.1) is 11.8 Å². The van der Waals surface area contributed by atoms with Gasteiger partial charge in [-0.25, -0.2) is 0 Å². The third-order valence-electron chi connectivity index (χ3n) is 11.9. The van der Waals surface area contributed by atoms with E-state index in [0.717, 1.165) is 26.5 Å². The molecule has 3 aromatic rings. The van der Waals surface area contributed by atoms with Crippen molar-refractivity contribution in [2.24, 2.45) is 11.7 Å². The van der Waals surface area contributed by atoms with Crippen LogP contribution in [0.4, 0.5) is 0 Å². The zero-order chi connectivity index (χ0) is 55.4. The Hall–Kier alpha value is -8.02. The van der Waals surface area contributed by atoms with E-state index in [4.69, 9.17) is 5.73 Å². The maximum Gasteiger partial charge on any atom is 0.303 e. The molecule has 1 aliphatic heterocycles. The number of carbonyl (C=O) groups excluding carboxylic acids is 10. The summed E-state index contributed by atoms with van der Waals surface area (Å²) in [5, 5.41) is 35.0. The molecule has 3 aromatic carbocycles. The molecule has 1 heterocycles. The number of aliphatic carboxylic acids is 1. The van der Waals surface area contributed by atoms with Gasteiger partial charge in [0, 0.05) is 52.6 Å². The number of benzene rings is 3. The zero-order valence-electron chi connectivity index (χ0n) is 42.4. The van der Waals surface area contributed by atoms with Crippen LogP contribution < -0.4 is 37.6 Å². The van der Waals surface area contributed by atoms with Gasteiger partial charge in [-0.1, -0.05) is 86.6 Å². The van der Waals surface area contributed by atoms with E-state index in [1.807, 2.05) is 0 Å². The Bertz CT molecular complexity index is 2520. The number of aromatic hydroxyl groups is 1. The molecular weight excluding hydrogens is 993 g/mol. The molecule has 1 saturated heterocycles. The molecule has 75 heavy (non-hydrogen) atoms. The van der Waals surface area contributed by atoms with Crippen LogP contribution in [-0.4, -0.2) is 178 Å². The fourth-order valence-corrected chi connectivity index (χ4v) is 8.76. The van der Waals surface area contributed by atoms with Crippen molar-refractivity contribution in [1.82, 2.24) is 46.6 Å². The van der Waals surface area contributed by atoms with Crippen molar-refractivity contribution >= 4 is 76.8 Å². The van der Waals surface area contributed by atoms with E-state index in [0.29, 0.717) is 16.7 Å². The number of phenols is 1. The van der Waals surface area contributed by atoms with Crippen molar-refractivity contribution in [3.8, 4) is 5.75 Å². The van der Waals surface area contributed by atoms with Crippen LogP contribution in [-0.2, 0) is 72.0 Å². The van der Waals surface area contributed by atoms with E-state index in [1.54, 1.807) is 74.5 Å². The van der Waals surface area contributed by atoms with Crippen LogP contribution in [0.25, 0.3) is 0 Å². The molecule has 10 N–H and O–H groups in total. The Balaban J connectivity index is 1.79. The molecule has 10 amide bonds. The molecule has 1 fully saturated rings. The average Bonchev–Trinajstić information content (AvgIpc) is 3.36. The normalized spacial score (nSPS) is 21.8. The Labute approximate surface area is 438 Å². The minimum absolute atomic E-state index is 0.0497. The van der Waals surface area contributed by atoms with E-state index < -0.39 is 140 Å². The SMILES string of the molecule is CC(C)[C@@H]1NC(=O)[C@H](Cc2ccccc2)NC(=O)CSC[C@@H](C(=O)NCC(N)=O)NC(=O)CN(C)C(=O)[C@H](Cc2ccccc2)N(C)C(=O)[C@H](Cc2ccc(O)cc2)NC(=O)CN(C)C(=O)[C@H](CCC(=O)O)NC1=O. The summed E-state index contributed by atoms with van der Waals surface area (Å²) in [6.45, 7) is 1.26. The van der Waals surface area contributed by atoms with Crippen LogP contribution in [0.5, 0.6) is 5.75 Å². The van der Waals surface area contributed by atoms with Crippen molar-refractivity contribution in [3.05, 3.63) is 102 Å². The number of carbonyl (C=O) groups is 11. The molecule has 6 atom stereocenters. The highest BCUT2D eigenvalue weighted by Crippen LogP contribution is 2.17. The zero-order valence-corrected chi connectivity index (χ0v) is 43.2. The Kier molecular flexibility index (Phi) is 23.0. The molecule has 0 aromatic heterocycles. The van der Waals surface area contributed by atoms with Crippen LogP contribution in [0.1, 0.15) is 43.4 Å². The van der Waals surface area contributed by atoms with E-state index >= 15 is 0 Å². The Morgan fingerprint density at radius 2 is 1.19 bits per heavy atom. The largest absolute Gasteiger partial charge is 0.508 e. The van der Waals surface area contributed by atoms with Crippen LogP contribution in [0.15, 0.2) is 84.9 Å². The molecule has 4 rings (SSSR count). The van der Waals surface area contributed by atoms with Gasteiger partial charge < -0.3 is 62.5 Å². The number of primary amides is 1. The van der Waals surface area contributed by atoms with Crippen molar-refractivity contribution in [2.75, 3.05) is 52.3 Å². The lowest BCUT2D eigenvalue weighted by molar-refractivity contribution is -0.147. The van der Waals surface area contributed by atoms with Gasteiger partial charge >= 0.3 is 5.97 Å². The van der Waals surface area contributed by atoms with E-state index in [-0.39, 0.29) is 36.5 Å². The lowest BCUT2D eigenvalue weighted by Crippen LogP contribution is -2.59. The predicted molar refractivity (Wildman–Crippen MR) is 275 cm³/mol. The van der Waals surface area contributed by atoms with Gasteiger partial charge in [0.2, 0.25) is 59.1 Å². The van der Waals surface area contributed by atoms with Gasteiger partial charge in [0.05, 0.1) is 25.4 Å². The summed E-state index contributed by atoms with van der Waals surface area (Å²) in [7, 11) is 3.87. The predicted octanol–water partition coefficient (Wildman–Crippen LogP) is -1.54. The number of hydrogen-bond donors (Lipinski definition) is 9. The Morgan fingerprint density at radius 1 is 0.653 bits per heavy atom. The molecule has 0 radical (unpaired) electrons. The number of amides is 10. The maximum atomic E-state index is 14.7. The topological polar surface area (TPSA) is 336 Å². The number of thioether (sulfide) groups is 1. The molecule has 0 aliphatic carbocycles. The second-order valence-corrected chi connectivity index (χ2v) is 19.4. The molecule has 0 bridgehead atoms. The molecule has 0 saturated carbocycles. The maximum absolute atomic E-state index is 14.7. The average molecular weight is 1060 g/mol. The fourth-order valence-electron chi connectivity index (χ4n) is 7.90. The minimum atomic E-state index is -1.53. The number of carboxylic acids is 1. The van der Waals surface area contributed by atoms with E-state index in [2.05, 4.69) is 31.9 Å². The van der Waals surface area contributed by atoms with Crippen molar-refractivity contribution in [2.45, 2.75) is 82.2 Å². The quantitative estimate of drug-likeness (QED) is 0.0938. The van der Waals surface area contributed by atoms with Gasteiger partial charge in [-0.05, 0) is 41.2 Å². The smallest absolute Gasteiger partial charge is 0.303 e. The second kappa shape index (κ2) is 29.0. The summed E-state index contributed by atoms with van der Waals surface area (Å²) in [6, 6.07) is 14.7. The summed E-state index contributed by atoms with van der Waals surface area (Å²) in [5.41, 5.74) is 6.98. The highest BCUT2D eigenvalue weighted by molar-refractivity contribution is 8.00. The van der Waals surface area contributed by atoms with Gasteiger partial charge in [-0.3, -0.25) is 52.7 Å². The molecule has 0 unspecified atom stereocenters. The van der Waals surface area contributed by atoms with Gasteiger partial charge in [0.1, 0.15) is 42.0 Å². The first kappa shape index (κ1) is 59.5. The highest BCUT2D eigenvalue weighted by Gasteiger charge is 2.37. The molecule has 404 valence electrons. The van der Waals surface area contributed by atoms with Crippen molar-refractivity contribution in [3.63, 3.8) is 0 Å². The molecule has 0 spiro atoms. The van der Waals surface area contributed by atoms with E-state index in [1.165, 1.54) is 45.4 Å². The number of carboxylic acid groups (broad SMARTS) is 1. The number of likely N-dealkylation sites (N-methyl/N-ethyl adjacent to an activating group) is 3. The molecule has 23 nitrogen and oxygen atoms in total. The molecular formula is C51H66N10O13S. The first-order valence-corrected chi connectivity index (χ1v) is 25.1. The third-order valence-corrected chi connectivity index (χ3v) is 13.0. The monoisotopic (exact) mass is 1060 g/mol. The van der Waals surface area contributed by atoms with Crippen LogP contribution in [0, 0.1) is 5.92 Å². The van der Waals surface area contributed by atoms with Gasteiger partial charge in [0.15, 0.2) is 0 Å². The lowest BCUT2D eigenvalue weighted by atomic mass is 10.00. The second-order valence-electron chi connectivity index (χ2n) is 18.4. The highest BCUT2D eigenvalue weighted by atomic mass is 32.2. The Morgan fingerprint density at radius 3 is 1.76 bits per heavy atom. The lowest BCUT2D eigenvalue weighted by Gasteiger charge is -2.34. The number of hydrogen-bond acceptors (Lipinski definition) is 13. The van der Waals surface area contributed by atoms with Gasteiger partial charge in [0.25, 0.3) is 0 Å². The summed E-state index contributed by atoms with van der Waals surface area (Å²) in [5.74, 6) is -10.8. The standard InChI is InChI=1S/C51H66N10O13S/c1-30(2)45-48(71)57-35(20-21-44(67)68)49(72)59(3)26-41(64)55-37(23-33-16-18-34(62)19-17-33)50(73)61(5)39(24-32-14-10-7-11-15-32)51(74)60(4)27-42(65)56-38(46(69)53-25-40(52)63)28-75-29-43(66)54-36(47(70)58-45)22-31-12-8-6-9-13-31/h6-19,30,35-39,45,62H,20-29H2,1-5H3,(H2,52,63)(H,53,69)(H,54,66)(H,55,64)(H,56,65)(H,57,71)(H,58,70)(H,67,68)/t35-,36-,37-,38-,39-,45-/m0/s1. The summed E-state index contributed by atoms with van der Waals surface area (Å²) in [6.07, 6.45) is -1.32. The summed E-state index contributed by atoms with van der Waals surface area (Å²) < 4.78 is 0. The van der Waals surface area contributed by atoms with E-state index in [9.17, 15) is 63.0 Å². The van der Waals surface area contributed by atoms with Crippen LogP contribution in [0.3, 0.4) is 0 Å². The first-order chi connectivity index (χ1) is 35.5. The molecule has 1 aliphatic rings. The number of nitrogens with one attached hydrogen (secondary N) is 6. The fraction of sp³-hybridized carbons (Fsp3) is 0.431. The van der Waals surface area contributed by atoms with Crippen molar-refractivity contribution in [1.29, 1.82) is 0 Å². The summed E-state index contributed by atoms with van der Waals surface area (Å²) >= 11 is 0.881. The number of phenolic OH excluding ortho intramolecular Hbond substituents is 1. The van der Waals surface area contributed by atoms with Gasteiger partial charge in [-0.2, -0.15) is 0 Å².